The van der Waals surface area contributed by atoms with Gasteiger partial charge in [0.2, 0.25) is 0 Å². The van der Waals surface area contributed by atoms with Gasteiger partial charge in [0.1, 0.15) is 12.2 Å². The molecule has 1 aromatic heterocycles. The second kappa shape index (κ2) is 5.37. The lowest BCUT2D eigenvalue weighted by Crippen LogP contribution is -2.16. The molecule has 1 aromatic carbocycles. The second-order valence-electron chi connectivity index (χ2n) is 6.06. The van der Waals surface area contributed by atoms with E-state index in [4.69, 9.17) is 0 Å². The van der Waals surface area contributed by atoms with E-state index in [2.05, 4.69) is 30.0 Å². The quantitative estimate of drug-likeness (QED) is 0.929. The Kier molecular flexibility index (Phi) is 3.57. The molecule has 0 saturated carbocycles. The lowest BCUT2D eigenvalue weighted by Gasteiger charge is -2.15. The van der Waals surface area contributed by atoms with Gasteiger partial charge in [0.15, 0.2) is 0 Å². The number of hydrogen-bond donors (Lipinski definition) is 1. The zero-order valence-corrected chi connectivity index (χ0v) is 12.0. The fourth-order valence-corrected chi connectivity index (χ4v) is 3.02. The fraction of sp³-hybridized carbons (Fsp3) is 0.500. The van der Waals surface area contributed by atoms with Crippen LogP contribution in [0.3, 0.4) is 0 Å². The maximum atomic E-state index is 10.5. The summed E-state index contributed by atoms with van der Waals surface area (Å²) in [6.45, 7) is 5.22. The molecular weight excluding hydrogens is 250 g/mol. The molecule has 20 heavy (non-hydrogen) atoms. The molecule has 2 unspecified atom stereocenters. The number of fused-ring (bicyclic) bond motifs is 1. The van der Waals surface area contributed by atoms with Crippen molar-refractivity contribution < 1.29 is 5.11 Å². The van der Waals surface area contributed by atoms with Crippen molar-refractivity contribution in [3.8, 4) is 0 Å². The summed E-state index contributed by atoms with van der Waals surface area (Å²) < 4.78 is 1.97. The van der Waals surface area contributed by atoms with Gasteiger partial charge in [-0.2, -0.15) is 5.10 Å². The van der Waals surface area contributed by atoms with Crippen molar-refractivity contribution in [3.05, 3.63) is 47.5 Å². The number of benzene rings is 1. The predicted octanol–water partition coefficient (Wildman–Crippen LogP) is 2.38. The van der Waals surface area contributed by atoms with Crippen LogP contribution in [0.2, 0.25) is 0 Å². The minimum Gasteiger partial charge on any atom is -0.388 e. The molecule has 0 radical (unpaired) electrons. The van der Waals surface area contributed by atoms with Crippen molar-refractivity contribution in [1.82, 2.24) is 14.8 Å². The summed E-state index contributed by atoms with van der Waals surface area (Å²) in [5.41, 5.74) is 2.34. The molecule has 1 aliphatic carbocycles. The van der Waals surface area contributed by atoms with Gasteiger partial charge in [0.05, 0.1) is 6.10 Å². The molecule has 0 saturated heterocycles. The van der Waals surface area contributed by atoms with Gasteiger partial charge in [-0.1, -0.05) is 38.1 Å². The topological polar surface area (TPSA) is 50.9 Å². The Hall–Kier alpha value is -1.68. The summed E-state index contributed by atoms with van der Waals surface area (Å²) in [6, 6.07) is 8.16. The molecule has 106 valence electrons. The van der Waals surface area contributed by atoms with Crippen LogP contribution in [-0.4, -0.2) is 19.9 Å². The number of rotatable bonds is 4. The maximum Gasteiger partial charge on any atom is 0.138 e. The molecule has 0 aliphatic heterocycles. The highest BCUT2D eigenvalue weighted by molar-refractivity contribution is 5.34. The van der Waals surface area contributed by atoms with Crippen LogP contribution in [0.15, 0.2) is 30.6 Å². The highest BCUT2D eigenvalue weighted by atomic mass is 16.3. The van der Waals surface area contributed by atoms with Crippen molar-refractivity contribution in [2.75, 3.05) is 0 Å². The van der Waals surface area contributed by atoms with Gasteiger partial charge in [-0.05, 0) is 23.5 Å². The van der Waals surface area contributed by atoms with Crippen molar-refractivity contribution in [2.45, 2.75) is 39.3 Å². The highest BCUT2D eigenvalue weighted by Crippen LogP contribution is 2.37. The summed E-state index contributed by atoms with van der Waals surface area (Å²) >= 11 is 0. The molecule has 0 amide bonds. The molecule has 0 spiro atoms. The molecule has 2 aromatic rings. The van der Waals surface area contributed by atoms with E-state index in [1.807, 2.05) is 22.9 Å². The summed E-state index contributed by atoms with van der Waals surface area (Å²) in [7, 11) is 0. The molecule has 1 heterocycles. The van der Waals surface area contributed by atoms with Crippen molar-refractivity contribution in [1.29, 1.82) is 0 Å². The van der Waals surface area contributed by atoms with E-state index in [1.165, 1.54) is 5.56 Å². The monoisotopic (exact) mass is 271 g/mol. The normalized spacial score (nSPS) is 21.4. The first-order chi connectivity index (χ1) is 9.65. The van der Waals surface area contributed by atoms with Crippen LogP contribution < -0.4 is 0 Å². The van der Waals surface area contributed by atoms with E-state index in [9.17, 15) is 5.11 Å². The number of aliphatic hydroxyl groups excluding tert-OH is 1. The Balaban J connectivity index is 1.76. The smallest absolute Gasteiger partial charge is 0.138 e. The molecule has 4 heteroatoms. The first kappa shape index (κ1) is 13.3. The van der Waals surface area contributed by atoms with Gasteiger partial charge in [-0.25, -0.2) is 9.67 Å². The number of aliphatic hydroxyl groups is 1. The van der Waals surface area contributed by atoms with E-state index in [-0.39, 0.29) is 12.0 Å². The lowest BCUT2D eigenvalue weighted by atomic mass is 9.99. The summed E-state index contributed by atoms with van der Waals surface area (Å²) in [5, 5.41) is 14.8. The van der Waals surface area contributed by atoms with Crippen LogP contribution in [-0.2, 0) is 19.4 Å². The zero-order valence-electron chi connectivity index (χ0n) is 12.0. The van der Waals surface area contributed by atoms with Crippen LogP contribution in [0.4, 0.5) is 0 Å². The third kappa shape index (κ3) is 2.48. The summed E-state index contributed by atoms with van der Waals surface area (Å²) in [6.07, 6.45) is 2.94. The van der Waals surface area contributed by atoms with Crippen molar-refractivity contribution in [3.63, 3.8) is 0 Å². The third-order valence-corrected chi connectivity index (χ3v) is 3.98. The van der Waals surface area contributed by atoms with Crippen molar-refractivity contribution >= 4 is 0 Å². The Morgan fingerprint density at radius 1 is 1.35 bits per heavy atom. The van der Waals surface area contributed by atoms with Crippen molar-refractivity contribution in [2.24, 2.45) is 11.8 Å². The Bertz CT molecular complexity index is 591. The molecule has 0 fully saturated rings. The molecule has 1 aliphatic rings. The third-order valence-electron chi connectivity index (χ3n) is 3.98. The number of nitrogens with zero attached hydrogens (tertiary/aromatic N) is 3. The molecule has 4 nitrogen and oxygen atoms in total. The van der Waals surface area contributed by atoms with Gasteiger partial charge in [-0.3, -0.25) is 0 Å². The average Bonchev–Trinajstić information content (AvgIpc) is 2.96. The molecule has 2 atom stereocenters. The first-order valence-corrected chi connectivity index (χ1v) is 7.27. The van der Waals surface area contributed by atoms with Gasteiger partial charge in [0, 0.05) is 18.9 Å². The fourth-order valence-electron chi connectivity index (χ4n) is 3.02. The minimum absolute atomic E-state index is 0.211. The van der Waals surface area contributed by atoms with E-state index in [1.54, 1.807) is 6.33 Å². The van der Waals surface area contributed by atoms with E-state index in [0.29, 0.717) is 5.92 Å². The molecular formula is C16H21N3O. The minimum atomic E-state index is -0.379. The summed E-state index contributed by atoms with van der Waals surface area (Å²) in [5.74, 6) is 1.74. The average molecular weight is 271 g/mol. The SMILES string of the molecule is CC(C)Cn1ncnc1CC1Cc2ccccc2C1O. The van der Waals surface area contributed by atoms with Crippen LogP contribution in [0.25, 0.3) is 0 Å². The van der Waals surface area contributed by atoms with Crippen LogP contribution in [0.1, 0.15) is 36.9 Å². The Morgan fingerprint density at radius 2 is 2.15 bits per heavy atom. The van der Waals surface area contributed by atoms with E-state index < -0.39 is 0 Å². The summed E-state index contributed by atoms with van der Waals surface area (Å²) in [4.78, 5) is 4.37. The number of hydrogen-bond acceptors (Lipinski definition) is 3. The van der Waals surface area contributed by atoms with Gasteiger partial charge >= 0.3 is 0 Å². The Labute approximate surface area is 119 Å². The van der Waals surface area contributed by atoms with Gasteiger partial charge < -0.3 is 5.11 Å². The van der Waals surface area contributed by atoms with E-state index >= 15 is 0 Å². The maximum absolute atomic E-state index is 10.5. The van der Waals surface area contributed by atoms with Crippen LogP contribution >= 0.6 is 0 Å². The molecule has 3 rings (SSSR count). The highest BCUT2D eigenvalue weighted by Gasteiger charge is 2.31. The van der Waals surface area contributed by atoms with Gasteiger partial charge in [-0.15, -0.1) is 0 Å². The Morgan fingerprint density at radius 3 is 2.90 bits per heavy atom. The largest absolute Gasteiger partial charge is 0.388 e. The molecule has 1 N–H and O–H groups in total. The van der Waals surface area contributed by atoms with E-state index in [0.717, 1.165) is 30.8 Å². The standard InChI is InChI=1S/C16H21N3O/c1-11(2)9-19-15(17-10-18-19)8-13-7-12-5-3-4-6-14(12)16(13)20/h3-6,10-11,13,16,20H,7-9H2,1-2H3. The predicted molar refractivity (Wildman–Crippen MR) is 77.2 cm³/mol. The van der Waals surface area contributed by atoms with Gasteiger partial charge in [0.25, 0.3) is 0 Å². The first-order valence-electron chi connectivity index (χ1n) is 7.27. The lowest BCUT2D eigenvalue weighted by molar-refractivity contribution is 0.121. The molecule has 0 bridgehead atoms. The van der Waals surface area contributed by atoms with Crippen LogP contribution in [0, 0.1) is 11.8 Å². The zero-order chi connectivity index (χ0) is 14.1. The van der Waals surface area contributed by atoms with Crippen LogP contribution in [0.5, 0.6) is 0 Å². The number of aromatic nitrogens is 3. The second-order valence-corrected chi connectivity index (χ2v) is 6.06.